The van der Waals surface area contributed by atoms with E-state index in [4.69, 9.17) is 5.11 Å². The zero-order valence-corrected chi connectivity index (χ0v) is 22.4. The van der Waals surface area contributed by atoms with Gasteiger partial charge < -0.3 is 10.0 Å². The second-order valence-corrected chi connectivity index (χ2v) is 10.0. The van der Waals surface area contributed by atoms with Crippen molar-refractivity contribution in [3.05, 3.63) is 105 Å². The van der Waals surface area contributed by atoms with Crippen LogP contribution >= 0.6 is 31.9 Å². The predicted molar refractivity (Wildman–Crippen MR) is 150 cm³/mol. The third kappa shape index (κ3) is 5.84. The lowest BCUT2D eigenvalue weighted by atomic mass is 10.0. The highest BCUT2D eigenvalue weighted by atomic mass is 79.9. The van der Waals surface area contributed by atoms with E-state index in [0.717, 1.165) is 37.1 Å². The van der Waals surface area contributed by atoms with Gasteiger partial charge in [0.15, 0.2) is 0 Å². The van der Waals surface area contributed by atoms with Crippen LogP contribution in [0.15, 0.2) is 93.9 Å². The Bertz CT molecular complexity index is 1280. The predicted octanol–water partition coefficient (Wildman–Crippen LogP) is 6.97. The summed E-state index contributed by atoms with van der Waals surface area (Å²) in [6.45, 7) is 0.761. The topological polar surface area (TPSA) is 27.3 Å². The van der Waals surface area contributed by atoms with Crippen LogP contribution in [0.4, 0.5) is 5.69 Å². The van der Waals surface area contributed by atoms with Crippen molar-refractivity contribution in [2.24, 2.45) is 7.05 Å². The number of benzene rings is 3. The van der Waals surface area contributed by atoms with E-state index in [0.29, 0.717) is 6.54 Å². The average Bonchev–Trinajstić information content (AvgIpc) is 2.85. The Balaban J connectivity index is 1.73. The van der Waals surface area contributed by atoms with Gasteiger partial charge in [-0.05, 0) is 71.3 Å². The molecule has 0 saturated carbocycles. The van der Waals surface area contributed by atoms with Crippen molar-refractivity contribution < 1.29 is 9.67 Å². The minimum absolute atomic E-state index is 0.143. The third-order valence-corrected chi connectivity index (χ3v) is 6.93. The Morgan fingerprint density at radius 2 is 1.35 bits per heavy atom. The number of hydrogen-bond acceptors (Lipinski definition) is 2. The maximum Gasteiger partial charge on any atom is 0.213 e. The summed E-state index contributed by atoms with van der Waals surface area (Å²) in [7, 11) is 4.09. The van der Waals surface area contributed by atoms with E-state index in [1.807, 2.05) is 11.9 Å². The lowest BCUT2D eigenvalue weighted by molar-refractivity contribution is -0.662. The van der Waals surface area contributed by atoms with Gasteiger partial charge in [-0.25, -0.2) is 0 Å². The molecule has 0 aliphatic heterocycles. The number of rotatable bonds is 7. The molecular formula is C29H27Br2N2O+. The van der Waals surface area contributed by atoms with Gasteiger partial charge in [0.2, 0.25) is 11.4 Å². The maximum atomic E-state index is 9.17. The number of aliphatic hydroxyl groups excluding tert-OH is 1. The number of halogens is 2. The smallest absolute Gasteiger partial charge is 0.213 e. The van der Waals surface area contributed by atoms with Gasteiger partial charge in [-0.1, -0.05) is 56.1 Å². The Morgan fingerprint density at radius 3 is 1.94 bits per heavy atom. The number of anilines is 1. The highest BCUT2D eigenvalue weighted by Crippen LogP contribution is 2.28. The highest BCUT2D eigenvalue weighted by molar-refractivity contribution is 9.10. The zero-order chi connectivity index (χ0) is 24.1. The number of likely N-dealkylation sites (N-methyl/N-ethyl adjacent to an activating group) is 1. The van der Waals surface area contributed by atoms with Gasteiger partial charge >= 0.3 is 0 Å². The molecule has 0 fully saturated rings. The number of aromatic nitrogens is 1. The second kappa shape index (κ2) is 11.1. The van der Waals surface area contributed by atoms with Gasteiger partial charge in [0, 0.05) is 52.0 Å². The summed E-state index contributed by atoms with van der Waals surface area (Å²) in [4.78, 5) is 2.04. The van der Waals surface area contributed by atoms with E-state index in [2.05, 4.69) is 141 Å². The second-order valence-electron chi connectivity index (χ2n) is 8.20. The molecule has 1 aromatic heterocycles. The summed E-state index contributed by atoms with van der Waals surface area (Å²) >= 11 is 7.08. The molecular weight excluding hydrogens is 552 g/mol. The molecule has 0 aliphatic rings. The first kappa shape index (κ1) is 24.4. The highest BCUT2D eigenvalue weighted by Gasteiger charge is 2.17. The minimum atomic E-state index is 0.143. The van der Waals surface area contributed by atoms with Crippen molar-refractivity contribution in [3.8, 4) is 22.4 Å². The van der Waals surface area contributed by atoms with Gasteiger partial charge in [0.05, 0.1) is 6.61 Å². The van der Waals surface area contributed by atoms with E-state index in [1.54, 1.807) is 0 Å². The molecule has 3 aromatic carbocycles. The molecule has 5 heteroatoms. The largest absolute Gasteiger partial charge is 0.395 e. The molecule has 0 saturated heterocycles. The van der Waals surface area contributed by atoms with E-state index in [1.165, 1.54) is 11.1 Å². The van der Waals surface area contributed by atoms with Gasteiger partial charge in [0.25, 0.3) is 0 Å². The SMILES string of the molecule is CN(CCO)c1ccc(/C=C/c2cc(-c3ccc(Br)cc3)cc(-c3ccc(Br)cc3)[n+]2C)cc1. The van der Waals surface area contributed by atoms with Crippen LogP contribution in [0.1, 0.15) is 11.3 Å². The van der Waals surface area contributed by atoms with Gasteiger partial charge in [0.1, 0.15) is 7.05 Å². The van der Waals surface area contributed by atoms with Crippen molar-refractivity contribution >= 4 is 49.7 Å². The molecule has 3 nitrogen and oxygen atoms in total. The molecule has 0 bridgehead atoms. The number of hydrogen-bond donors (Lipinski definition) is 1. The van der Waals surface area contributed by atoms with Gasteiger partial charge in [-0.2, -0.15) is 4.57 Å². The molecule has 0 unspecified atom stereocenters. The van der Waals surface area contributed by atoms with Crippen molar-refractivity contribution in [3.63, 3.8) is 0 Å². The molecule has 172 valence electrons. The Hall–Kier alpha value is -2.73. The summed E-state index contributed by atoms with van der Waals surface area (Å²) in [6, 6.07) is 29.7. The van der Waals surface area contributed by atoms with Crippen LogP contribution in [-0.2, 0) is 7.05 Å². The van der Waals surface area contributed by atoms with Crippen LogP contribution in [-0.4, -0.2) is 25.3 Å². The fourth-order valence-corrected chi connectivity index (χ4v) is 4.38. The zero-order valence-electron chi connectivity index (χ0n) is 19.2. The lowest BCUT2D eigenvalue weighted by Crippen LogP contribution is -2.34. The quantitative estimate of drug-likeness (QED) is 0.240. The first-order valence-electron chi connectivity index (χ1n) is 11.1. The van der Waals surface area contributed by atoms with Crippen LogP contribution in [0.2, 0.25) is 0 Å². The van der Waals surface area contributed by atoms with Crippen molar-refractivity contribution in [1.82, 2.24) is 0 Å². The van der Waals surface area contributed by atoms with E-state index < -0.39 is 0 Å². The van der Waals surface area contributed by atoms with Crippen molar-refractivity contribution in [1.29, 1.82) is 0 Å². The maximum absolute atomic E-state index is 9.17. The molecule has 0 amide bonds. The number of nitrogens with zero attached hydrogens (tertiary/aromatic N) is 2. The first-order chi connectivity index (χ1) is 16.4. The molecule has 0 atom stereocenters. The summed E-state index contributed by atoms with van der Waals surface area (Å²) in [5.74, 6) is 0. The van der Waals surface area contributed by atoms with Crippen LogP contribution in [0.5, 0.6) is 0 Å². The molecule has 34 heavy (non-hydrogen) atoms. The Labute approximate surface area is 218 Å². The summed E-state index contributed by atoms with van der Waals surface area (Å²) in [6.07, 6.45) is 4.30. The van der Waals surface area contributed by atoms with Crippen LogP contribution < -0.4 is 9.47 Å². The molecule has 4 rings (SSSR count). The molecule has 1 heterocycles. The monoisotopic (exact) mass is 577 g/mol. The Kier molecular flexibility index (Phi) is 7.99. The standard InChI is InChI=1S/C29H27Br2N2O/c1-32(17-18-34)27-14-3-21(4-15-27)5-16-28-19-24(22-6-10-25(30)11-7-22)20-29(33(28)2)23-8-12-26(31)13-9-23/h3-16,19-20,34H,17-18H2,1-2H3/q+1. The molecule has 0 spiro atoms. The van der Waals surface area contributed by atoms with Crippen molar-refractivity contribution in [2.45, 2.75) is 0 Å². The summed E-state index contributed by atoms with van der Waals surface area (Å²) < 4.78 is 4.36. The summed E-state index contributed by atoms with van der Waals surface area (Å²) in [5, 5.41) is 9.17. The molecule has 0 radical (unpaired) electrons. The number of aliphatic hydroxyl groups is 1. The van der Waals surface area contributed by atoms with E-state index in [9.17, 15) is 0 Å². The van der Waals surface area contributed by atoms with Gasteiger partial charge in [-0.3, -0.25) is 0 Å². The van der Waals surface area contributed by atoms with Crippen LogP contribution in [0, 0.1) is 0 Å². The fourth-order valence-electron chi connectivity index (χ4n) is 3.85. The van der Waals surface area contributed by atoms with Crippen LogP contribution in [0.25, 0.3) is 34.5 Å². The van der Waals surface area contributed by atoms with E-state index >= 15 is 0 Å². The van der Waals surface area contributed by atoms with Crippen LogP contribution in [0.3, 0.4) is 0 Å². The van der Waals surface area contributed by atoms with E-state index in [-0.39, 0.29) is 6.61 Å². The summed E-state index contributed by atoms with van der Waals surface area (Å²) in [5.41, 5.74) is 7.98. The lowest BCUT2D eigenvalue weighted by Gasteiger charge is -2.17. The Morgan fingerprint density at radius 1 is 0.765 bits per heavy atom. The molecule has 0 aliphatic carbocycles. The number of pyridine rings is 1. The third-order valence-electron chi connectivity index (χ3n) is 5.88. The first-order valence-corrected chi connectivity index (χ1v) is 12.7. The average molecular weight is 579 g/mol. The van der Waals surface area contributed by atoms with Gasteiger partial charge in [-0.15, -0.1) is 0 Å². The minimum Gasteiger partial charge on any atom is -0.395 e. The molecule has 1 N–H and O–H groups in total. The molecule has 4 aromatic rings. The van der Waals surface area contributed by atoms with Crippen molar-refractivity contribution in [2.75, 3.05) is 25.1 Å². The fraction of sp³-hybridized carbons (Fsp3) is 0.138. The normalized spacial score (nSPS) is 11.2.